The van der Waals surface area contributed by atoms with Gasteiger partial charge in [0.05, 0.1) is 5.56 Å². The molecular weight excluding hydrogens is 254 g/mol. The molecule has 0 spiro atoms. The van der Waals surface area contributed by atoms with Gasteiger partial charge in [0.25, 0.3) is 5.43 Å². The summed E-state index contributed by atoms with van der Waals surface area (Å²) < 4.78 is 0. The van der Waals surface area contributed by atoms with E-state index in [0.717, 1.165) is 16.5 Å². The molecule has 0 radical (unpaired) electrons. The van der Waals surface area contributed by atoms with E-state index in [1.54, 1.807) is 6.07 Å². The van der Waals surface area contributed by atoms with Crippen molar-refractivity contribution in [2.75, 3.05) is 19.0 Å². The molecule has 3 rings (SSSR count). The van der Waals surface area contributed by atoms with Crippen molar-refractivity contribution in [2.24, 2.45) is 0 Å². The molecule has 0 bridgehead atoms. The van der Waals surface area contributed by atoms with Gasteiger partial charge in [-0.1, -0.05) is 30.3 Å². The van der Waals surface area contributed by atoms with Crippen LogP contribution >= 0.6 is 0 Å². The van der Waals surface area contributed by atoms with Gasteiger partial charge in [0.2, 0.25) is 5.43 Å². The molecule has 1 N–H and O–H groups in total. The quantitative estimate of drug-likeness (QED) is 0.720. The van der Waals surface area contributed by atoms with E-state index in [0.29, 0.717) is 5.56 Å². The molecule has 0 unspecified atom stereocenters. The Bertz CT molecular complexity index is 886. The Labute approximate surface area is 115 Å². The largest absolute Gasteiger partial charge is 0.503 e. The number of nitrogens with zero attached hydrogens (tertiary/aromatic N) is 1. The summed E-state index contributed by atoms with van der Waals surface area (Å²) in [6, 6.07) is 11.3. The minimum Gasteiger partial charge on any atom is -0.503 e. The van der Waals surface area contributed by atoms with E-state index < -0.39 is 16.6 Å². The van der Waals surface area contributed by atoms with Crippen molar-refractivity contribution in [1.82, 2.24) is 0 Å². The van der Waals surface area contributed by atoms with Crippen LogP contribution in [0.2, 0.25) is 0 Å². The maximum Gasteiger partial charge on any atom is 0.268 e. The Morgan fingerprint density at radius 2 is 1.55 bits per heavy atom. The fourth-order valence-corrected chi connectivity index (χ4v) is 2.52. The third-order valence-electron chi connectivity index (χ3n) is 3.54. The molecule has 0 amide bonds. The number of hydrogen-bond acceptors (Lipinski definition) is 4. The molecule has 0 aliphatic carbocycles. The first-order valence-electron chi connectivity index (χ1n) is 6.24. The highest BCUT2D eigenvalue weighted by Gasteiger charge is 2.23. The van der Waals surface area contributed by atoms with E-state index >= 15 is 0 Å². The fourth-order valence-electron chi connectivity index (χ4n) is 2.52. The highest BCUT2D eigenvalue weighted by molar-refractivity contribution is 6.04. The van der Waals surface area contributed by atoms with E-state index in [9.17, 15) is 14.7 Å². The van der Waals surface area contributed by atoms with Crippen LogP contribution in [0.25, 0.3) is 21.9 Å². The molecule has 0 heterocycles. The molecule has 4 nitrogen and oxygen atoms in total. The number of benzene rings is 2. The predicted molar refractivity (Wildman–Crippen MR) is 80.3 cm³/mol. The van der Waals surface area contributed by atoms with E-state index in [4.69, 9.17) is 0 Å². The van der Waals surface area contributed by atoms with Gasteiger partial charge in [0.15, 0.2) is 5.75 Å². The molecule has 0 saturated carbocycles. The molecule has 3 aromatic rings. The number of rotatable bonds is 2. The van der Waals surface area contributed by atoms with Crippen molar-refractivity contribution in [3.63, 3.8) is 0 Å². The topological polar surface area (TPSA) is 57.6 Å². The zero-order valence-electron chi connectivity index (χ0n) is 11.2. The Kier molecular flexibility index (Phi) is 2.61. The van der Waals surface area contributed by atoms with Crippen molar-refractivity contribution in [2.45, 2.75) is 0 Å². The second-order valence-corrected chi connectivity index (χ2v) is 4.95. The molecule has 0 saturated heterocycles. The lowest BCUT2D eigenvalue weighted by Gasteiger charge is -2.18. The Hall–Kier alpha value is -2.62. The van der Waals surface area contributed by atoms with Crippen LogP contribution in [0.1, 0.15) is 0 Å². The monoisotopic (exact) mass is 267 g/mol. The van der Waals surface area contributed by atoms with E-state index in [1.807, 2.05) is 49.3 Å². The number of anilines is 1. The zero-order chi connectivity index (χ0) is 14.4. The number of aromatic hydroxyl groups is 1. The maximum absolute atomic E-state index is 11.7. The summed E-state index contributed by atoms with van der Waals surface area (Å²) in [6.45, 7) is 0. The summed E-state index contributed by atoms with van der Waals surface area (Å²) in [6.07, 6.45) is 0. The summed E-state index contributed by atoms with van der Waals surface area (Å²) in [5.74, 6) is -0.433. The average molecular weight is 267 g/mol. The van der Waals surface area contributed by atoms with Gasteiger partial charge in [-0.25, -0.2) is 0 Å². The SMILES string of the molecule is CN(C)c1ccc(-c2c(O)c(=O)c2=O)c2ccccc12. The van der Waals surface area contributed by atoms with Crippen molar-refractivity contribution in [3.05, 3.63) is 56.8 Å². The highest BCUT2D eigenvalue weighted by atomic mass is 16.3. The second-order valence-electron chi connectivity index (χ2n) is 4.95. The van der Waals surface area contributed by atoms with Gasteiger partial charge in [-0.05, 0) is 17.0 Å². The fraction of sp³-hybridized carbons (Fsp3) is 0.125. The third-order valence-corrected chi connectivity index (χ3v) is 3.54. The maximum atomic E-state index is 11.7. The van der Waals surface area contributed by atoms with Crippen molar-refractivity contribution in [3.8, 4) is 16.9 Å². The Balaban J connectivity index is 2.38. The second kappa shape index (κ2) is 4.20. The van der Waals surface area contributed by atoms with E-state index in [-0.39, 0.29) is 5.56 Å². The van der Waals surface area contributed by atoms with Crippen LogP contribution in [0.5, 0.6) is 5.75 Å². The average Bonchev–Trinajstić information content (AvgIpc) is 2.46. The van der Waals surface area contributed by atoms with E-state index in [2.05, 4.69) is 0 Å². The normalized spacial score (nSPS) is 11.1. The van der Waals surface area contributed by atoms with Crippen LogP contribution in [0.3, 0.4) is 0 Å². The first-order chi connectivity index (χ1) is 9.52. The number of hydrogen-bond donors (Lipinski definition) is 1. The lowest BCUT2D eigenvalue weighted by atomic mass is 9.93. The predicted octanol–water partition coefficient (Wildman–Crippen LogP) is 1.87. The zero-order valence-corrected chi connectivity index (χ0v) is 11.2. The minimum atomic E-state index is -0.805. The summed E-state index contributed by atoms with van der Waals surface area (Å²) in [4.78, 5) is 24.8. The Morgan fingerprint density at radius 1 is 0.900 bits per heavy atom. The van der Waals surface area contributed by atoms with E-state index in [1.165, 1.54) is 0 Å². The lowest BCUT2D eigenvalue weighted by Crippen LogP contribution is -2.31. The first-order valence-corrected chi connectivity index (χ1v) is 6.24. The minimum absolute atomic E-state index is 0.122. The third kappa shape index (κ3) is 1.54. The summed E-state index contributed by atoms with van der Waals surface area (Å²) >= 11 is 0. The standard InChI is InChI=1S/C16H13NO3/c1-17(2)12-8-7-11(9-5-3-4-6-10(9)12)13-14(18)16(20)15(13)19/h3-8,18H,1-2H3. The first kappa shape index (κ1) is 12.4. The molecule has 0 fully saturated rings. The van der Waals surface area contributed by atoms with Crippen LogP contribution in [0.4, 0.5) is 5.69 Å². The van der Waals surface area contributed by atoms with Gasteiger partial charge in [-0.3, -0.25) is 9.59 Å². The summed E-state index contributed by atoms with van der Waals surface area (Å²) in [5, 5.41) is 11.5. The van der Waals surface area contributed by atoms with Crippen molar-refractivity contribution >= 4 is 16.5 Å². The van der Waals surface area contributed by atoms with Crippen LogP contribution in [0, 0.1) is 0 Å². The van der Waals surface area contributed by atoms with Crippen molar-refractivity contribution in [1.29, 1.82) is 0 Å². The molecule has 4 heteroatoms. The Morgan fingerprint density at radius 3 is 2.15 bits per heavy atom. The molecule has 20 heavy (non-hydrogen) atoms. The van der Waals surface area contributed by atoms with Gasteiger partial charge in [-0.2, -0.15) is 0 Å². The van der Waals surface area contributed by atoms with Gasteiger partial charge in [-0.15, -0.1) is 0 Å². The molecule has 0 atom stereocenters. The smallest absolute Gasteiger partial charge is 0.268 e. The van der Waals surface area contributed by atoms with Crippen molar-refractivity contribution < 1.29 is 5.11 Å². The van der Waals surface area contributed by atoms with Crippen LogP contribution in [-0.4, -0.2) is 19.2 Å². The van der Waals surface area contributed by atoms with Gasteiger partial charge in [0, 0.05) is 25.2 Å². The van der Waals surface area contributed by atoms with Gasteiger partial charge >= 0.3 is 0 Å². The molecule has 0 aliphatic heterocycles. The lowest BCUT2D eigenvalue weighted by molar-refractivity contribution is 0.465. The summed E-state index contributed by atoms with van der Waals surface area (Å²) in [7, 11) is 3.88. The highest BCUT2D eigenvalue weighted by Crippen LogP contribution is 2.35. The summed E-state index contributed by atoms with van der Waals surface area (Å²) in [5.41, 5.74) is 0.318. The molecule has 3 aromatic carbocycles. The van der Waals surface area contributed by atoms with Crippen LogP contribution in [0.15, 0.2) is 46.0 Å². The van der Waals surface area contributed by atoms with Gasteiger partial charge in [0.1, 0.15) is 0 Å². The van der Waals surface area contributed by atoms with Crippen LogP contribution < -0.4 is 15.8 Å². The number of fused-ring (bicyclic) bond motifs is 1. The van der Waals surface area contributed by atoms with Gasteiger partial charge < -0.3 is 10.0 Å². The molecule has 0 aromatic heterocycles. The molecule has 0 aliphatic rings. The molecular formula is C16H13NO3. The molecule has 100 valence electrons. The van der Waals surface area contributed by atoms with Crippen LogP contribution in [-0.2, 0) is 0 Å².